The van der Waals surface area contributed by atoms with Crippen LogP contribution >= 0.6 is 0 Å². The number of rotatable bonds is 6. The van der Waals surface area contributed by atoms with Gasteiger partial charge in [-0.05, 0) is 45.4 Å². The number of nitrogens with zero attached hydrogens (tertiary/aromatic N) is 1. The monoisotopic (exact) mass is 250 g/mol. The third-order valence-electron chi connectivity index (χ3n) is 3.80. The van der Waals surface area contributed by atoms with Gasteiger partial charge in [-0.1, -0.05) is 0 Å². The van der Waals surface area contributed by atoms with Crippen molar-refractivity contribution >= 4 is 5.91 Å². The van der Waals surface area contributed by atoms with Crippen LogP contribution in [0.4, 0.5) is 0 Å². The minimum atomic E-state index is 0.287. The van der Waals surface area contributed by atoms with Crippen molar-refractivity contribution in [3.63, 3.8) is 0 Å². The third-order valence-corrected chi connectivity index (χ3v) is 3.80. The van der Waals surface area contributed by atoms with E-state index in [1.54, 1.807) is 0 Å². The van der Waals surface area contributed by atoms with Crippen molar-refractivity contribution in [1.29, 1.82) is 0 Å². The predicted octanol–water partition coefficient (Wildman–Crippen LogP) is 2.30. The van der Waals surface area contributed by atoms with Crippen LogP contribution in [0.1, 0.15) is 58.3 Å². The van der Waals surface area contributed by atoms with E-state index in [4.69, 9.17) is 12.2 Å². The molecule has 0 bridgehead atoms. The van der Waals surface area contributed by atoms with E-state index in [-0.39, 0.29) is 5.91 Å². The first-order valence-electron chi connectivity index (χ1n) is 7.17. The normalized spacial score (nSPS) is 23.4. The molecule has 0 radical (unpaired) electrons. The summed E-state index contributed by atoms with van der Waals surface area (Å²) < 4.78 is 0. The highest BCUT2D eigenvalue weighted by molar-refractivity contribution is 5.76. The molecule has 3 heteroatoms. The van der Waals surface area contributed by atoms with E-state index in [2.05, 4.69) is 12.8 Å². The van der Waals surface area contributed by atoms with Gasteiger partial charge >= 0.3 is 0 Å². The molecular weight excluding hydrogens is 224 g/mol. The Hall–Kier alpha value is -1.01. The molecule has 0 unspecified atom stereocenters. The Kier molecular flexibility index (Phi) is 6.82. The fraction of sp³-hybridized carbons (Fsp3) is 0.800. The molecule has 18 heavy (non-hydrogen) atoms. The lowest BCUT2D eigenvalue weighted by molar-refractivity contribution is -0.134. The summed E-state index contributed by atoms with van der Waals surface area (Å²) in [6.45, 7) is 2.88. The van der Waals surface area contributed by atoms with E-state index in [0.29, 0.717) is 18.5 Å². The van der Waals surface area contributed by atoms with Crippen LogP contribution in [0.25, 0.3) is 0 Å². The van der Waals surface area contributed by atoms with Gasteiger partial charge in [-0.25, -0.2) is 0 Å². The topological polar surface area (TPSA) is 46.3 Å². The summed E-state index contributed by atoms with van der Waals surface area (Å²) in [6.07, 6.45) is 12.7. The van der Waals surface area contributed by atoms with Gasteiger partial charge in [-0.15, -0.1) is 12.3 Å². The molecule has 0 aromatic rings. The number of hydrogen-bond acceptors (Lipinski definition) is 2. The molecule has 0 heterocycles. The van der Waals surface area contributed by atoms with Crippen LogP contribution in [0.5, 0.6) is 0 Å². The summed E-state index contributed by atoms with van der Waals surface area (Å²) in [7, 11) is 0. The van der Waals surface area contributed by atoms with Crippen molar-refractivity contribution in [2.75, 3.05) is 6.54 Å². The molecule has 1 aliphatic carbocycles. The van der Waals surface area contributed by atoms with Crippen molar-refractivity contribution in [3.05, 3.63) is 0 Å². The van der Waals surface area contributed by atoms with Gasteiger partial charge in [0.25, 0.3) is 0 Å². The smallest absolute Gasteiger partial charge is 0.222 e. The molecule has 0 aromatic heterocycles. The molecule has 3 nitrogen and oxygen atoms in total. The van der Waals surface area contributed by atoms with Crippen molar-refractivity contribution in [1.82, 2.24) is 4.90 Å². The molecule has 0 saturated heterocycles. The van der Waals surface area contributed by atoms with Gasteiger partial charge in [0.1, 0.15) is 0 Å². The Morgan fingerprint density at radius 3 is 2.56 bits per heavy atom. The fourth-order valence-corrected chi connectivity index (χ4v) is 2.70. The molecule has 1 saturated carbocycles. The maximum absolute atomic E-state index is 12.2. The zero-order valence-electron chi connectivity index (χ0n) is 11.5. The molecule has 1 amide bonds. The van der Waals surface area contributed by atoms with Crippen molar-refractivity contribution in [2.24, 2.45) is 5.73 Å². The number of carbonyl (C=O) groups excluding carboxylic acids is 1. The van der Waals surface area contributed by atoms with E-state index in [9.17, 15) is 4.79 Å². The van der Waals surface area contributed by atoms with E-state index >= 15 is 0 Å². The first-order valence-corrected chi connectivity index (χ1v) is 7.17. The number of unbranched alkanes of at least 4 members (excludes halogenated alkanes) is 2. The number of amides is 1. The second-order valence-corrected chi connectivity index (χ2v) is 5.16. The molecule has 102 valence electrons. The SMILES string of the molecule is C#CCCCCC(=O)N(CC)C1CCC(N)CC1. The number of terminal acetylenes is 1. The van der Waals surface area contributed by atoms with Crippen LogP contribution in [0.2, 0.25) is 0 Å². The molecule has 1 rings (SSSR count). The molecular formula is C15H26N2O. The number of carbonyl (C=O) groups is 1. The van der Waals surface area contributed by atoms with E-state index < -0.39 is 0 Å². The lowest BCUT2D eigenvalue weighted by atomic mass is 9.90. The average molecular weight is 250 g/mol. The zero-order valence-corrected chi connectivity index (χ0v) is 11.5. The average Bonchev–Trinajstić information content (AvgIpc) is 2.38. The molecule has 0 spiro atoms. The van der Waals surface area contributed by atoms with Gasteiger partial charge in [0.2, 0.25) is 5.91 Å². The van der Waals surface area contributed by atoms with Crippen LogP contribution in [-0.4, -0.2) is 29.4 Å². The van der Waals surface area contributed by atoms with E-state index in [0.717, 1.165) is 51.5 Å². The molecule has 0 aromatic carbocycles. The Bertz CT molecular complexity index is 287. The van der Waals surface area contributed by atoms with Crippen molar-refractivity contribution < 1.29 is 4.79 Å². The third kappa shape index (κ3) is 4.70. The highest BCUT2D eigenvalue weighted by Crippen LogP contribution is 2.22. The maximum Gasteiger partial charge on any atom is 0.222 e. The Morgan fingerprint density at radius 2 is 2.00 bits per heavy atom. The number of hydrogen-bond donors (Lipinski definition) is 1. The summed E-state index contributed by atoms with van der Waals surface area (Å²) in [5.74, 6) is 2.90. The van der Waals surface area contributed by atoms with Crippen LogP contribution in [-0.2, 0) is 4.79 Å². The standard InChI is InChI=1S/C15H26N2O/c1-3-5-6-7-8-15(18)17(4-2)14-11-9-13(16)10-12-14/h1,13-14H,4-12,16H2,2H3. The molecule has 1 fully saturated rings. The second kappa shape index (κ2) is 8.16. The van der Waals surface area contributed by atoms with Gasteiger partial charge in [-0.3, -0.25) is 4.79 Å². The summed E-state index contributed by atoms with van der Waals surface area (Å²) in [5, 5.41) is 0. The van der Waals surface area contributed by atoms with Crippen LogP contribution < -0.4 is 5.73 Å². The minimum absolute atomic E-state index is 0.287. The van der Waals surface area contributed by atoms with Crippen molar-refractivity contribution in [2.45, 2.75) is 70.4 Å². The fourth-order valence-electron chi connectivity index (χ4n) is 2.70. The van der Waals surface area contributed by atoms with Gasteiger partial charge in [0.05, 0.1) is 0 Å². The Morgan fingerprint density at radius 1 is 1.33 bits per heavy atom. The summed E-state index contributed by atoms with van der Waals surface area (Å²) in [4.78, 5) is 14.2. The van der Waals surface area contributed by atoms with Gasteiger partial charge in [-0.2, -0.15) is 0 Å². The van der Waals surface area contributed by atoms with Gasteiger partial charge in [0, 0.05) is 31.5 Å². The highest BCUT2D eigenvalue weighted by atomic mass is 16.2. The summed E-state index contributed by atoms with van der Waals surface area (Å²) in [5.41, 5.74) is 5.91. The summed E-state index contributed by atoms with van der Waals surface area (Å²) in [6, 6.07) is 0.751. The van der Waals surface area contributed by atoms with E-state index in [1.807, 2.05) is 4.90 Å². The first-order chi connectivity index (χ1) is 8.69. The highest BCUT2D eigenvalue weighted by Gasteiger charge is 2.26. The maximum atomic E-state index is 12.2. The number of nitrogens with two attached hydrogens (primary N) is 1. The Labute approximate surface area is 111 Å². The van der Waals surface area contributed by atoms with Gasteiger partial charge < -0.3 is 10.6 Å². The largest absolute Gasteiger partial charge is 0.340 e. The molecule has 0 aliphatic heterocycles. The quantitative estimate of drug-likeness (QED) is 0.581. The lowest BCUT2D eigenvalue weighted by Crippen LogP contribution is -2.44. The Balaban J connectivity index is 2.35. The van der Waals surface area contributed by atoms with Crippen molar-refractivity contribution in [3.8, 4) is 12.3 Å². The van der Waals surface area contributed by atoms with Gasteiger partial charge in [0.15, 0.2) is 0 Å². The minimum Gasteiger partial charge on any atom is -0.340 e. The first kappa shape index (κ1) is 15.0. The predicted molar refractivity (Wildman–Crippen MR) is 74.9 cm³/mol. The van der Waals surface area contributed by atoms with Crippen LogP contribution in [0.3, 0.4) is 0 Å². The molecule has 0 atom stereocenters. The second-order valence-electron chi connectivity index (χ2n) is 5.16. The lowest BCUT2D eigenvalue weighted by Gasteiger charge is -2.35. The molecule has 2 N–H and O–H groups in total. The molecule has 1 aliphatic rings. The van der Waals surface area contributed by atoms with Crippen LogP contribution in [0.15, 0.2) is 0 Å². The van der Waals surface area contributed by atoms with E-state index in [1.165, 1.54) is 0 Å². The van der Waals surface area contributed by atoms with Crippen LogP contribution in [0, 0.1) is 12.3 Å². The zero-order chi connectivity index (χ0) is 13.4. The summed E-state index contributed by atoms with van der Waals surface area (Å²) >= 11 is 0.